The molecule has 4 rings (SSSR count). The molecule has 1 N–H and O–H groups in total. The second kappa shape index (κ2) is 8.04. The van der Waals surface area contributed by atoms with E-state index in [4.69, 9.17) is 34.8 Å². The summed E-state index contributed by atoms with van der Waals surface area (Å²) in [5, 5.41) is 12.9. The Balaban J connectivity index is 1.61. The van der Waals surface area contributed by atoms with Crippen molar-refractivity contribution in [3.05, 3.63) is 63.1 Å². The standard InChI is InChI=1S/C22H25Cl3N2O/c1-22(28,16-4-5-16)14-26-10-11-27(20-9-8-18(24)12-19(20)25)21(13-26)15-2-6-17(23)7-3-15/h2-3,6-9,12,16,21,28H,4-5,10-11,13-14H2,1H3/t21-,22?/m0/s1. The van der Waals surface area contributed by atoms with Gasteiger partial charge in [0.05, 0.1) is 22.4 Å². The van der Waals surface area contributed by atoms with E-state index in [1.165, 1.54) is 5.56 Å². The van der Waals surface area contributed by atoms with Crippen molar-refractivity contribution in [3.63, 3.8) is 0 Å². The number of piperazine rings is 1. The first kappa shape index (κ1) is 20.3. The van der Waals surface area contributed by atoms with Crippen molar-refractivity contribution in [2.75, 3.05) is 31.1 Å². The number of halogens is 3. The third kappa shape index (κ3) is 4.44. The van der Waals surface area contributed by atoms with Gasteiger partial charge in [0.1, 0.15) is 0 Å². The molecule has 1 aliphatic heterocycles. The van der Waals surface area contributed by atoms with E-state index in [2.05, 4.69) is 21.9 Å². The highest BCUT2D eigenvalue weighted by molar-refractivity contribution is 6.36. The highest BCUT2D eigenvalue weighted by Crippen LogP contribution is 2.41. The molecule has 1 heterocycles. The number of rotatable bonds is 5. The van der Waals surface area contributed by atoms with Crippen LogP contribution in [0, 0.1) is 5.92 Å². The summed E-state index contributed by atoms with van der Waals surface area (Å²) >= 11 is 18.7. The molecule has 150 valence electrons. The van der Waals surface area contributed by atoms with Crippen molar-refractivity contribution in [1.29, 1.82) is 0 Å². The Hall–Kier alpha value is -0.970. The lowest BCUT2D eigenvalue weighted by molar-refractivity contribution is -0.00431. The van der Waals surface area contributed by atoms with Gasteiger partial charge in [-0.1, -0.05) is 46.9 Å². The predicted molar refractivity (Wildman–Crippen MR) is 118 cm³/mol. The molecule has 2 aromatic rings. The van der Waals surface area contributed by atoms with E-state index in [0.29, 0.717) is 22.5 Å². The van der Waals surface area contributed by atoms with Crippen LogP contribution in [0.5, 0.6) is 0 Å². The van der Waals surface area contributed by atoms with Gasteiger partial charge in [-0.2, -0.15) is 0 Å². The molecule has 0 amide bonds. The Morgan fingerprint density at radius 1 is 1.00 bits per heavy atom. The summed E-state index contributed by atoms with van der Waals surface area (Å²) in [6, 6.07) is 13.8. The number of hydrogen-bond acceptors (Lipinski definition) is 3. The molecule has 2 fully saturated rings. The molecule has 28 heavy (non-hydrogen) atoms. The number of benzene rings is 2. The van der Waals surface area contributed by atoms with Crippen LogP contribution < -0.4 is 4.90 Å². The topological polar surface area (TPSA) is 26.7 Å². The first-order valence-corrected chi connectivity index (χ1v) is 10.9. The van der Waals surface area contributed by atoms with Crippen LogP contribution in [-0.4, -0.2) is 41.8 Å². The third-order valence-electron chi connectivity index (χ3n) is 5.94. The quantitative estimate of drug-likeness (QED) is 0.650. The minimum atomic E-state index is -0.620. The maximum absolute atomic E-state index is 10.8. The van der Waals surface area contributed by atoms with Gasteiger partial charge in [0.2, 0.25) is 0 Å². The fourth-order valence-electron chi connectivity index (χ4n) is 4.24. The molecule has 2 aromatic carbocycles. The van der Waals surface area contributed by atoms with Crippen LogP contribution >= 0.6 is 34.8 Å². The van der Waals surface area contributed by atoms with Gasteiger partial charge in [-0.05, 0) is 61.6 Å². The number of aliphatic hydroxyl groups is 1. The molecule has 0 spiro atoms. The summed E-state index contributed by atoms with van der Waals surface area (Å²) in [7, 11) is 0. The highest BCUT2D eigenvalue weighted by atomic mass is 35.5. The number of hydrogen-bond donors (Lipinski definition) is 1. The largest absolute Gasteiger partial charge is 0.389 e. The number of nitrogens with zero attached hydrogens (tertiary/aromatic N) is 2. The van der Waals surface area contributed by atoms with Crippen molar-refractivity contribution in [2.24, 2.45) is 5.92 Å². The molecule has 2 atom stereocenters. The molecule has 1 unspecified atom stereocenters. The summed E-state index contributed by atoms with van der Waals surface area (Å²) < 4.78 is 0. The second-order valence-corrected chi connectivity index (χ2v) is 9.50. The van der Waals surface area contributed by atoms with Crippen LogP contribution in [0.15, 0.2) is 42.5 Å². The van der Waals surface area contributed by atoms with Gasteiger partial charge >= 0.3 is 0 Å². The van der Waals surface area contributed by atoms with Gasteiger partial charge in [0, 0.05) is 36.2 Å². The number of anilines is 1. The molecule has 0 aromatic heterocycles. The zero-order valence-corrected chi connectivity index (χ0v) is 18.2. The monoisotopic (exact) mass is 438 g/mol. The molecule has 6 heteroatoms. The lowest BCUT2D eigenvalue weighted by Gasteiger charge is -2.45. The van der Waals surface area contributed by atoms with Crippen LogP contribution in [0.3, 0.4) is 0 Å². The molecule has 3 nitrogen and oxygen atoms in total. The van der Waals surface area contributed by atoms with Gasteiger partial charge in [-0.25, -0.2) is 0 Å². The van der Waals surface area contributed by atoms with Gasteiger partial charge < -0.3 is 10.0 Å². The smallest absolute Gasteiger partial charge is 0.0774 e. The molecular formula is C22H25Cl3N2O. The van der Waals surface area contributed by atoms with Crippen molar-refractivity contribution >= 4 is 40.5 Å². The zero-order chi connectivity index (χ0) is 19.9. The normalized spacial score (nSPS) is 22.9. The van der Waals surface area contributed by atoms with Gasteiger partial charge in [0.25, 0.3) is 0 Å². The van der Waals surface area contributed by atoms with Gasteiger partial charge in [0.15, 0.2) is 0 Å². The van der Waals surface area contributed by atoms with E-state index in [9.17, 15) is 5.11 Å². The van der Waals surface area contributed by atoms with Gasteiger partial charge in [-0.15, -0.1) is 0 Å². The van der Waals surface area contributed by atoms with Gasteiger partial charge in [-0.3, -0.25) is 4.90 Å². The van der Waals surface area contributed by atoms with Crippen molar-refractivity contribution < 1.29 is 5.11 Å². The van der Waals surface area contributed by atoms with Crippen molar-refractivity contribution in [2.45, 2.75) is 31.4 Å². The minimum absolute atomic E-state index is 0.125. The molecule has 1 saturated carbocycles. The maximum Gasteiger partial charge on any atom is 0.0774 e. The van der Waals surface area contributed by atoms with Crippen molar-refractivity contribution in [3.8, 4) is 0 Å². The SMILES string of the molecule is CC(O)(CN1CCN(c2ccc(Cl)cc2Cl)[C@H](c2ccc(Cl)cc2)C1)C1CC1. The van der Waals surface area contributed by atoms with E-state index in [1.807, 2.05) is 31.2 Å². The fourth-order valence-corrected chi connectivity index (χ4v) is 4.89. The van der Waals surface area contributed by atoms with Crippen LogP contribution in [0.2, 0.25) is 15.1 Å². The summed E-state index contributed by atoms with van der Waals surface area (Å²) in [4.78, 5) is 4.71. The predicted octanol–water partition coefficient (Wildman–Crippen LogP) is 5.67. The molecule has 0 bridgehead atoms. The maximum atomic E-state index is 10.8. The zero-order valence-electron chi connectivity index (χ0n) is 15.9. The average Bonchev–Trinajstić information content (AvgIpc) is 3.48. The fraction of sp³-hybridized carbons (Fsp3) is 0.455. The van der Waals surface area contributed by atoms with Crippen LogP contribution in [0.4, 0.5) is 5.69 Å². The summed E-state index contributed by atoms with van der Waals surface area (Å²) in [5.41, 5.74) is 1.55. The van der Waals surface area contributed by atoms with E-state index < -0.39 is 5.60 Å². The summed E-state index contributed by atoms with van der Waals surface area (Å²) in [6.45, 7) is 5.21. The first-order valence-electron chi connectivity index (χ1n) is 9.75. The molecule has 0 radical (unpaired) electrons. The van der Waals surface area contributed by atoms with E-state index in [1.54, 1.807) is 6.07 Å². The lowest BCUT2D eigenvalue weighted by Crippen LogP contribution is -2.53. The second-order valence-electron chi connectivity index (χ2n) is 8.22. The Bertz CT molecular complexity index is 836. The lowest BCUT2D eigenvalue weighted by atomic mass is 9.96. The molecular weight excluding hydrogens is 415 g/mol. The Morgan fingerprint density at radius 2 is 1.68 bits per heavy atom. The van der Waals surface area contributed by atoms with E-state index in [0.717, 1.165) is 43.2 Å². The Kier molecular flexibility index (Phi) is 5.83. The molecule has 2 aliphatic rings. The van der Waals surface area contributed by atoms with Crippen LogP contribution in [0.25, 0.3) is 0 Å². The molecule has 1 aliphatic carbocycles. The Labute approximate surface area is 181 Å². The minimum Gasteiger partial charge on any atom is -0.389 e. The highest BCUT2D eigenvalue weighted by Gasteiger charge is 2.42. The summed E-state index contributed by atoms with van der Waals surface area (Å²) in [6.07, 6.45) is 2.27. The Morgan fingerprint density at radius 3 is 2.32 bits per heavy atom. The number of β-amino-alcohol motifs (C(OH)–C–C–N with tert-alkyl or cyclic N) is 1. The third-order valence-corrected chi connectivity index (χ3v) is 6.73. The first-order chi connectivity index (χ1) is 13.3. The molecule has 1 saturated heterocycles. The van der Waals surface area contributed by atoms with E-state index in [-0.39, 0.29) is 6.04 Å². The average molecular weight is 440 g/mol. The van der Waals surface area contributed by atoms with Crippen LogP contribution in [0.1, 0.15) is 31.4 Å². The van der Waals surface area contributed by atoms with E-state index >= 15 is 0 Å². The van der Waals surface area contributed by atoms with Crippen molar-refractivity contribution in [1.82, 2.24) is 4.90 Å². The van der Waals surface area contributed by atoms with Crippen LogP contribution in [-0.2, 0) is 0 Å². The summed E-state index contributed by atoms with van der Waals surface area (Å²) in [5.74, 6) is 0.435.